The average molecular weight is 405 g/mol. The van der Waals surface area contributed by atoms with Gasteiger partial charge in [-0.25, -0.2) is 8.91 Å². The van der Waals surface area contributed by atoms with Gasteiger partial charge in [-0.1, -0.05) is 31.2 Å². The van der Waals surface area contributed by atoms with Crippen LogP contribution in [-0.4, -0.2) is 32.8 Å². The number of nitrogens with one attached hydrogen (secondary N) is 1. The smallest absolute Gasteiger partial charge is 0.278 e. The summed E-state index contributed by atoms with van der Waals surface area (Å²) < 4.78 is 20.3. The van der Waals surface area contributed by atoms with Crippen LogP contribution in [0.2, 0.25) is 0 Å². The molecule has 0 bridgehead atoms. The summed E-state index contributed by atoms with van der Waals surface area (Å²) in [6.07, 6.45) is 0.651. The van der Waals surface area contributed by atoms with Gasteiger partial charge in [0.05, 0.1) is 29.7 Å². The SMILES string of the molecule is CCc1nn2c(C)c(C(=O)Nc3ccccc3OC)nnc2c1-c1ccc(F)cc1. The van der Waals surface area contributed by atoms with Crippen LogP contribution in [0.25, 0.3) is 16.8 Å². The standard InChI is InChI=1S/C22H20FN5O2/c1-4-16-19(14-9-11-15(23)12-10-14)21-26-25-20(13(2)28(21)27-16)22(29)24-17-7-5-6-8-18(17)30-3/h5-12H,4H2,1-3H3,(H,24,29). The first-order chi connectivity index (χ1) is 14.5. The minimum atomic E-state index is -0.414. The number of nitrogens with zero attached hydrogens (tertiary/aromatic N) is 4. The van der Waals surface area contributed by atoms with Crippen molar-refractivity contribution in [1.29, 1.82) is 0 Å². The Kier molecular flexibility index (Phi) is 5.14. The number of para-hydroxylation sites is 2. The second-order valence-corrected chi connectivity index (χ2v) is 6.71. The number of amides is 1. The number of halogens is 1. The normalized spacial score (nSPS) is 10.9. The second-order valence-electron chi connectivity index (χ2n) is 6.71. The van der Waals surface area contributed by atoms with Gasteiger partial charge in [0.1, 0.15) is 11.6 Å². The van der Waals surface area contributed by atoms with Gasteiger partial charge in [-0.3, -0.25) is 4.79 Å². The van der Waals surface area contributed by atoms with Gasteiger partial charge in [-0.05, 0) is 43.2 Å². The Morgan fingerprint density at radius 2 is 1.87 bits per heavy atom. The van der Waals surface area contributed by atoms with E-state index in [4.69, 9.17) is 4.74 Å². The quantitative estimate of drug-likeness (QED) is 0.541. The van der Waals surface area contributed by atoms with Crippen molar-refractivity contribution in [3.8, 4) is 16.9 Å². The summed E-state index contributed by atoms with van der Waals surface area (Å²) in [5, 5.41) is 15.9. The number of hydrogen-bond acceptors (Lipinski definition) is 5. The van der Waals surface area contributed by atoms with Crippen molar-refractivity contribution < 1.29 is 13.9 Å². The first kappa shape index (κ1) is 19.5. The lowest BCUT2D eigenvalue weighted by atomic mass is 10.0. The molecule has 2 aromatic heterocycles. The lowest BCUT2D eigenvalue weighted by Gasteiger charge is -2.10. The molecule has 152 valence electrons. The molecular formula is C22H20FN5O2. The molecule has 0 saturated carbocycles. The third kappa shape index (κ3) is 3.36. The lowest BCUT2D eigenvalue weighted by Crippen LogP contribution is -2.19. The van der Waals surface area contributed by atoms with E-state index in [1.165, 1.54) is 19.2 Å². The molecule has 8 heteroatoms. The maximum Gasteiger partial charge on any atom is 0.278 e. The number of anilines is 1. The van der Waals surface area contributed by atoms with Crippen LogP contribution >= 0.6 is 0 Å². The molecule has 30 heavy (non-hydrogen) atoms. The Balaban J connectivity index is 1.78. The summed E-state index contributed by atoms with van der Waals surface area (Å²) in [7, 11) is 1.54. The summed E-state index contributed by atoms with van der Waals surface area (Å²) in [6.45, 7) is 3.74. The molecule has 0 saturated heterocycles. The molecule has 1 N–H and O–H groups in total. The lowest BCUT2D eigenvalue weighted by molar-refractivity contribution is 0.101. The molecule has 0 aliphatic carbocycles. The molecule has 0 fully saturated rings. The Hall–Kier alpha value is -3.81. The zero-order chi connectivity index (χ0) is 21.3. The van der Waals surface area contributed by atoms with Gasteiger partial charge in [-0.15, -0.1) is 10.2 Å². The van der Waals surface area contributed by atoms with Gasteiger partial charge in [0, 0.05) is 0 Å². The predicted octanol–water partition coefficient (Wildman–Crippen LogP) is 4.06. The van der Waals surface area contributed by atoms with Crippen LogP contribution in [0, 0.1) is 12.7 Å². The largest absolute Gasteiger partial charge is 0.495 e. The molecule has 2 aromatic carbocycles. The molecule has 0 spiro atoms. The monoisotopic (exact) mass is 405 g/mol. The third-order valence-electron chi connectivity index (χ3n) is 4.88. The summed E-state index contributed by atoms with van der Waals surface area (Å²) in [4.78, 5) is 12.9. The van der Waals surface area contributed by atoms with Gasteiger partial charge < -0.3 is 10.1 Å². The second kappa shape index (κ2) is 7.90. The molecule has 0 atom stereocenters. The van der Waals surface area contributed by atoms with Crippen molar-refractivity contribution in [2.24, 2.45) is 0 Å². The van der Waals surface area contributed by atoms with Gasteiger partial charge in [0.2, 0.25) is 0 Å². The minimum absolute atomic E-state index is 0.157. The van der Waals surface area contributed by atoms with E-state index >= 15 is 0 Å². The predicted molar refractivity (Wildman–Crippen MR) is 111 cm³/mol. The fraction of sp³-hybridized carbons (Fsp3) is 0.182. The third-order valence-corrected chi connectivity index (χ3v) is 4.88. The summed E-state index contributed by atoms with van der Waals surface area (Å²) in [5.41, 5.74) is 4.13. The number of ether oxygens (including phenoxy) is 1. The van der Waals surface area contributed by atoms with Crippen molar-refractivity contribution in [2.75, 3.05) is 12.4 Å². The number of carbonyl (C=O) groups is 1. The van der Waals surface area contributed by atoms with Crippen LogP contribution < -0.4 is 10.1 Å². The molecule has 2 heterocycles. The number of fused-ring (bicyclic) bond motifs is 1. The van der Waals surface area contributed by atoms with Crippen LogP contribution in [0.3, 0.4) is 0 Å². The summed E-state index contributed by atoms with van der Waals surface area (Å²) in [5.74, 6) is -0.183. The van der Waals surface area contributed by atoms with E-state index in [1.807, 2.05) is 13.0 Å². The average Bonchev–Trinajstić information content (AvgIpc) is 3.14. The van der Waals surface area contributed by atoms with E-state index in [0.29, 0.717) is 29.2 Å². The van der Waals surface area contributed by atoms with Gasteiger partial charge in [-0.2, -0.15) is 5.10 Å². The van der Waals surface area contributed by atoms with Crippen molar-refractivity contribution >= 4 is 17.2 Å². The van der Waals surface area contributed by atoms with Crippen molar-refractivity contribution in [1.82, 2.24) is 19.8 Å². The van der Waals surface area contributed by atoms with E-state index in [-0.39, 0.29) is 11.5 Å². The Bertz CT molecular complexity index is 1230. The number of hydrogen-bond donors (Lipinski definition) is 1. The zero-order valence-corrected chi connectivity index (χ0v) is 16.8. The van der Waals surface area contributed by atoms with Crippen molar-refractivity contribution in [2.45, 2.75) is 20.3 Å². The number of aromatic nitrogens is 4. The van der Waals surface area contributed by atoms with Crippen LogP contribution in [0.4, 0.5) is 10.1 Å². The highest BCUT2D eigenvalue weighted by molar-refractivity contribution is 6.04. The van der Waals surface area contributed by atoms with Crippen molar-refractivity contribution in [3.63, 3.8) is 0 Å². The van der Waals surface area contributed by atoms with E-state index < -0.39 is 5.91 Å². The first-order valence-corrected chi connectivity index (χ1v) is 9.48. The van der Waals surface area contributed by atoms with Crippen LogP contribution in [-0.2, 0) is 6.42 Å². The Morgan fingerprint density at radius 1 is 1.13 bits per heavy atom. The minimum Gasteiger partial charge on any atom is -0.495 e. The molecule has 0 unspecified atom stereocenters. The number of methoxy groups -OCH3 is 1. The van der Waals surface area contributed by atoms with Crippen molar-refractivity contribution in [3.05, 3.63) is 71.4 Å². The van der Waals surface area contributed by atoms with E-state index in [0.717, 1.165) is 16.8 Å². The molecule has 7 nitrogen and oxygen atoms in total. The van der Waals surface area contributed by atoms with E-state index in [9.17, 15) is 9.18 Å². The Labute approximate surface area is 172 Å². The first-order valence-electron chi connectivity index (χ1n) is 9.48. The molecule has 0 aliphatic heterocycles. The Morgan fingerprint density at radius 3 is 2.57 bits per heavy atom. The maximum absolute atomic E-state index is 13.4. The summed E-state index contributed by atoms with van der Waals surface area (Å²) >= 11 is 0. The fourth-order valence-corrected chi connectivity index (χ4v) is 3.35. The number of carbonyl (C=O) groups excluding carboxylic acids is 1. The summed E-state index contributed by atoms with van der Waals surface area (Å²) in [6, 6.07) is 13.3. The molecule has 1 amide bonds. The topological polar surface area (TPSA) is 81.4 Å². The molecule has 0 radical (unpaired) electrons. The van der Waals surface area contributed by atoms with Crippen LogP contribution in [0.15, 0.2) is 48.5 Å². The molecule has 4 rings (SSSR count). The van der Waals surface area contributed by atoms with E-state index in [2.05, 4.69) is 20.6 Å². The fourth-order valence-electron chi connectivity index (χ4n) is 3.35. The highest BCUT2D eigenvalue weighted by Gasteiger charge is 2.21. The van der Waals surface area contributed by atoms with Crippen LogP contribution in [0.1, 0.15) is 28.8 Å². The van der Waals surface area contributed by atoms with Gasteiger partial charge in [0.15, 0.2) is 11.3 Å². The molecule has 0 aliphatic rings. The molecular weight excluding hydrogens is 385 g/mol. The van der Waals surface area contributed by atoms with Gasteiger partial charge >= 0.3 is 0 Å². The van der Waals surface area contributed by atoms with E-state index in [1.54, 1.807) is 41.8 Å². The zero-order valence-electron chi connectivity index (χ0n) is 16.8. The molecule has 4 aromatic rings. The maximum atomic E-state index is 13.4. The number of aryl methyl sites for hydroxylation is 2. The highest BCUT2D eigenvalue weighted by atomic mass is 19.1. The highest BCUT2D eigenvalue weighted by Crippen LogP contribution is 2.29. The number of rotatable bonds is 5. The number of benzene rings is 2. The van der Waals surface area contributed by atoms with Crippen LogP contribution in [0.5, 0.6) is 5.75 Å². The van der Waals surface area contributed by atoms with Gasteiger partial charge in [0.25, 0.3) is 5.91 Å².